The van der Waals surface area contributed by atoms with Crippen molar-refractivity contribution in [2.24, 2.45) is 35.5 Å². The molecule has 0 bridgehead atoms. The van der Waals surface area contributed by atoms with Gasteiger partial charge in [-0.1, -0.05) is 55.4 Å². The van der Waals surface area contributed by atoms with Gasteiger partial charge >= 0.3 is 60.7 Å². The van der Waals surface area contributed by atoms with Crippen molar-refractivity contribution in [3.8, 4) is 0 Å². The van der Waals surface area contributed by atoms with Gasteiger partial charge in [0, 0.05) is 11.8 Å². The molecule has 0 unspecified atom stereocenters. The van der Waals surface area contributed by atoms with Crippen LogP contribution in [0, 0.1) is 35.5 Å². The number of hydrogen-bond donors (Lipinski definition) is 0. The molecule has 0 saturated heterocycles. The van der Waals surface area contributed by atoms with Crippen molar-refractivity contribution in [1.29, 1.82) is 0 Å². The van der Waals surface area contributed by atoms with Crippen LogP contribution in [0.15, 0.2) is 0 Å². The summed E-state index contributed by atoms with van der Waals surface area (Å²) in [5, 5.41) is 0. The Morgan fingerprint density at radius 1 is 0.609 bits per heavy atom. The van der Waals surface area contributed by atoms with Gasteiger partial charge in [-0.2, -0.15) is 0 Å². The maximum absolute atomic E-state index is 10.8. The average molecular weight is 364 g/mol. The van der Waals surface area contributed by atoms with Gasteiger partial charge in [0.1, 0.15) is 5.78 Å². The van der Waals surface area contributed by atoms with E-state index in [0.29, 0.717) is 5.78 Å². The first kappa shape index (κ1) is 27.9. The van der Waals surface area contributed by atoms with E-state index >= 15 is 0 Å². The second kappa shape index (κ2) is 15.6. The van der Waals surface area contributed by atoms with E-state index in [4.69, 9.17) is 0 Å². The monoisotopic (exact) mass is 363 g/mol. The third-order valence-electron chi connectivity index (χ3n) is 3.26. The van der Waals surface area contributed by atoms with Crippen molar-refractivity contribution in [1.82, 2.24) is 0 Å². The van der Waals surface area contributed by atoms with Crippen molar-refractivity contribution >= 4 is 10.0 Å². The van der Waals surface area contributed by atoms with Crippen LogP contribution in [-0.2, 0) is 21.8 Å². The molecule has 0 heterocycles. The van der Waals surface area contributed by atoms with E-state index < -0.39 is 0 Å². The van der Waals surface area contributed by atoms with Crippen LogP contribution in [0.5, 0.6) is 0 Å². The van der Waals surface area contributed by atoms with Gasteiger partial charge in [-0.15, -0.1) is 0 Å². The second-order valence-electron chi connectivity index (χ2n) is 8.47. The molecule has 0 saturated carbocycles. The molecule has 0 radical (unpaired) electrons. The maximum atomic E-state index is 10.8. The number of carbonyl (C=O) groups is 1. The van der Waals surface area contributed by atoms with Crippen LogP contribution in [0.25, 0.3) is 0 Å². The summed E-state index contributed by atoms with van der Waals surface area (Å²) in [5.74, 6) is 3.97. The van der Waals surface area contributed by atoms with Crippen LogP contribution in [0.4, 0.5) is 0 Å². The zero-order chi connectivity index (χ0) is 19.3. The first-order chi connectivity index (χ1) is 10.2. The summed E-state index contributed by atoms with van der Waals surface area (Å²) < 4.78 is 1.54. The van der Waals surface area contributed by atoms with Crippen LogP contribution in [0.2, 0.25) is 0 Å². The Labute approximate surface area is 156 Å². The molecule has 0 fully saturated rings. The summed E-state index contributed by atoms with van der Waals surface area (Å²) in [6, 6.07) is 0. The van der Waals surface area contributed by atoms with E-state index in [9.17, 15) is 4.79 Å². The third-order valence-corrected chi connectivity index (χ3v) is 4.88. The van der Waals surface area contributed by atoms with Crippen LogP contribution in [-0.4, -0.2) is 10.0 Å². The Hall–Kier alpha value is 0.124. The van der Waals surface area contributed by atoms with E-state index in [0.717, 1.165) is 23.7 Å². The molecule has 2 heteroatoms. The van der Waals surface area contributed by atoms with Gasteiger partial charge in [0.25, 0.3) is 0 Å². The molecular weight excluding hydrogens is 319 g/mol. The van der Waals surface area contributed by atoms with Gasteiger partial charge < -0.3 is 0 Å². The van der Waals surface area contributed by atoms with E-state index in [1.54, 1.807) is 0 Å². The normalized spacial score (nSPS) is 10.8. The summed E-state index contributed by atoms with van der Waals surface area (Å²) in [4.78, 5) is 10.8. The van der Waals surface area contributed by atoms with Crippen molar-refractivity contribution in [2.45, 2.75) is 89.5 Å². The second-order valence-corrected chi connectivity index (χ2v) is 9.28. The Balaban J connectivity index is -0.000000262. The summed E-state index contributed by atoms with van der Waals surface area (Å²) >= 11 is 2.66. The minimum atomic E-state index is 0.204. The van der Waals surface area contributed by atoms with Crippen molar-refractivity contribution in [2.75, 3.05) is 0 Å². The van der Waals surface area contributed by atoms with Crippen LogP contribution < -0.4 is 0 Å². The van der Waals surface area contributed by atoms with E-state index in [-0.39, 0.29) is 11.8 Å². The zero-order valence-electron chi connectivity index (χ0n) is 18.0. The molecular formula is C21H44OV. The summed E-state index contributed by atoms with van der Waals surface area (Å²) in [6.45, 7) is 25.7. The molecule has 139 valence electrons. The van der Waals surface area contributed by atoms with Gasteiger partial charge in [0.05, 0.1) is 0 Å². The standard InChI is InChI=1S/C7H14O.C7H16.C7H14.V/c1-5(2)7(8)6(3)4;2*1-6(2)5-7(3)4;/h5-6H,1-4H3;6-7H,5H2,1-4H3;6-7H,1-4H3;. The van der Waals surface area contributed by atoms with Crippen LogP contribution >= 0.6 is 0 Å². The van der Waals surface area contributed by atoms with Gasteiger partial charge in [-0.05, 0) is 18.3 Å². The number of Topliss-reactive ketones (excluding diaryl/α,β-unsaturated/α-hetero) is 1. The minimum absolute atomic E-state index is 0.204. The van der Waals surface area contributed by atoms with Crippen LogP contribution in [0.3, 0.4) is 0 Å². The number of hydrogen-bond acceptors (Lipinski definition) is 1. The molecule has 0 aliphatic carbocycles. The Morgan fingerprint density at radius 2 is 0.870 bits per heavy atom. The van der Waals surface area contributed by atoms with E-state index in [1.807, 2.05) is 27.7 Å². The quantitative estimate of drug-likeness (QED) is 0.521. The predicted molar refractivity (Wildman–Crippen MR) is 104 cm³/mol. The molecule has 23 heavy (non-hydrogen) atoms. The Kier molecular flexibility index (Phi) is 19.0. The third kappa shape index (κ3) is 22.1. The molecule has 0 aromatic heterocycles. The van der Waals surface area contributed by atoms with Crippen LogP contribution in [0.1, 0.15) is 89.5 Å². The molecule has 0 aromatic rings. The van der Waals surface area contributed by atoms with E-state index in [2.05, 4.69) is 72.4 Å². The molecule has 0 N–H and O–H groups in total. The topological polar surface area (TPSA) is 17.1 Å². The molecule has 0 aliphatic rings. The summed E-state index contributed by atoms with van der Waals surface area (Å²) in [7, 11) is 0. The summed E-state index contributed by atoms with van der Waals surface area (Å²) in [6.07, 6.45) is 1.36. The van der Waals surface area contributed by atoms with Gasteiger partial charge in [-0.3, -0.25) is 4.79 Å². The Morgan fingerprint density at radius 3 is 0.870 bits per heavy atom. The van der Waals surface area contributed by atoms with Gasteiger partial charge in [0.2, 0.25) is 0 Å². The Bertz CT molecular complexity index is 249. The first-order valence-corrected chi connectivity index (χ1v) is 10.0. The number of ketones is 1. The SMILES string of the molecule is CC(C)C(=O)C(C)C.CC(C)CC(C)C.CC(C)[C](=[V])C(C)C. The molecule has 1 nitrogen and oxygen atoms in total. The zero-order valence-corrected chi connectivity index (χ0v) is 19.4. The predicted octanol–water partition coefficient (Wildman–Crippen LogP) is 6.57. The molecule has 0 atom stereocenters. The number of rotatable bonds is 6. The van der Waals surface area contributed by atoms with E-state index in [1.165, 1.54) is 10.6 Å². The fourth-order valence-electron chi connectivity index (χ4n) is 2.28. The molecule has 0 spiro atoms. The van der Waals surface area contributed by atoms with Gasteiger partial charge in [0.15, 0.2) is 0 Å². The molecule has 0 amide bonds. The fraction of sp³-hybridized carbons (Fsp3) is 0.905. The average Bonchev–Trinajstić information content (AvgIpc) is 2.36. The molecule has 0 aromatic carbocycles. The van der Waals surface area contributed by atoms with Crippen molar-refractivity contribution < 1.29 is 21.8 Å². The molecule has 0 rings (SSSR count). The van der Waals surface area contributed by atoms with Crippen molar-refractivity contribution in [3.05, 3.63) is 0 Å². The van der Waals surface area contributed by atoms with Crippen molar-refractivity contribution in [3.63, 3.8) is 0 Å². The number of carbonyl (C=O) groups excluding carboxylic acids is 1. The summed E-state index contributed by atoms with van der Waals surface area (Å²) in [5.41, 5.74) is 0. The first-order valence-electron chi connectivity index (χ1n) is 9.33. The fourth-order valence-corrected chi connectivity index (χ4v) is 2.28. The molecule has 0 aliphatic heterocycles. The van der Waals surface area contributed by atoms with Gasteiger partial charge in [-0.25, -0.2) is 0 Å².